The van der Waals surface area contributed by atoms with E-state index < -0.39 is 5.79 Å². The molecule has 1 heterocycles. The monoisotopic (exact) mass is 196 g/mol. The number of nitrogen functional groups attached to an aromatic ring is 1. The van der Waals surface area contributed by atoms with Crippen molar-refractivity contribution in [3.8, 4) is 11.5 Å². The summed E-state index contributed by atoms with van der Waals surface area (Å²) >= 11 is 5.01. The van der Waals surface area contributed by atoms with Crippen molar-refractivity contribution >= 4 is 18.3 Å². The Morgan fingerprint density at radius 3 is 2.38 bits per heavy atom. The van der Waals surface area contributed by atoms with Gasteiger partial charge in [-0.25, -0.2) is 0 Å². The minimum Gasteiger partial charge on any atom is -0.778 e. The van der Waals surface area contributed by atoms with Crippen LogP contribution in [0.15, 0.2) is 17.0 Å². The Bertz CT molecular complexity index is 330. The number of hydrogen-bond acceptors (Lipinski definition) is 4. The van der Waals surface area contributed by atoms with Crippen LogP contribution in [0.2, 0.25) is 0 Å². The standard InChI is InChI=1S/C9H11NO2S/c1-9(2)11-6-3-5(10)8(13)4-7(6)12-9/h3-4,13H,10H2,1-2H3/p-1. The Kier molecular flexibility index (Phi) is 1.57. The van der Waals surface area contributed by atoms with Crippen molar-refractivity contribution in [2.45, 2.75) is 24.5 Å². The highest BCUT2D eigenvalue weighted by atomic mass is 32.1. The summed E-state index contributed by atoms with van der Waals surface area (Å²) in [6.07, 6.45) is 0. The van der Waals surface area contributed by atoms with E-state index in [0.29, 0.717) is 22.1 Å². The van der Waals surface area contributed by atoms with Gasteiger partial charge in [0.05, 0.1) is 0 Å². The predicted molar refractivity (Wildman–Crippen MR) is 51.8 cm³/mol. The van der Waals surface area contributed by atoms with E-state index in [2.05, 4.69) is 0 Å². The molecule has 13 heavy (non-hydrogen) atoms. The molecule has 0 saturated heterocycles. The Morgan fingerprint density at radius 1 is 1.23 bits per heavy atom. The van der Waals surface area contributed by atoms with Gasteiger partial charge in [0.1, 0.15) is 0 Å². The van der Waals surface area contributed by atoms with Crippen LogP contribution in [-0.4, -0.2) is 5.79 Å². The molecule has 0 aromatic heterocycles. The third-order valence-electron chi connectivity index (χ3n) is 1.79. The molecule has 1 aliphatic heterocycles. The molecule has 0 radical (unpaired) electrons. The van der Waals surface area contributed by atoms with E-state index in [-0.39, 0.29) is 0 Å². The summed E-state index contributed by atoms with van der Waals surface area (Å²) in [6.45, 7) is 3.68. The predicted octanol–water partition coefficient (Wildman–Crippen LogP) is 1.68. The minimum absolute atomic E-state index is 0.551. The zero-order chi connectivity index (χ0) is 9.64. The first-order chi connectivity index (χ1) is 5.98. The highest BCUT2D eigenvalue weighted by Gasteiger charge is 2.31. The van der Waals surface area contributed by atoms with Crippen molar-refractivity contribution in [1.82, 2.24) is 0 Å². The van der Waals surface area contributed by atoms with E-state index in [1.165, 1.54) is 0 Å². The van der Waals surface area contributed by atoms with Gasteiger partial charge in [-0.1, -0.05) is 0 Å². The third kappa shape index (κ3) is 1.37. The van der Waals surface area contributed by atoms with Gasteiger partial charge >= 0.3 is 0 Å². The quantitative estimate of drug-likeness (QED) is 0.506. The summed E-state index contributed by atoms with van der Waals surface area (Å²) in [4.78, 5) is 0.597. The van der Waals surface area contributed by atoms with E-state index >= 15 is 0 Å². The number of ether oxygens (including phenoxy) is 2. The molecule has 70 valence electrons. The maximum atomic E-state index is 5.64. The lowest BCUT2D eigenvalue weighted by Crippen LogP contribution is -2.29. The SMILES string of the molecule is CC1(C)Oc2cc(N)c([S-])cc2O1. The Hall–Kier alpha value is -1.16. The van der Waals surface area contributed by atoms with Crippen molar-refractivity contribution in [2.75, 3.05) is 5.73 Å². The van der Waals surface area contributed by atoms with E-state index in [0.717, 1.165) is 0 Å². The third-order valence-corrected chi connectivity index (χ3v) is 2.14. The number of anilines is 1. The first kappa shape index (κ1) is 8.44. The Morgan fingerprint density at radius 2 is 1.77 bits per heavy atom. The number of fused-ring (bicyclic) bond motifs is 1. The fourth-order valence-electron chi connectivity index (χ4n) is 1.27. The van der Waals surface area contributed by atoms with E-state index in [1.807, 2.05) is 13.8 Å². The molecule has 1 aromatic carbocycles. The van der Waals surface area contributed by atoms with Crippen LogP contribution in [0.5, 0.6) is 11.5 Å². The summed E-state index contributed by atoms with van der Waals surface area (Å²) in [5, 5.41) is 0. The molecule has 0 atom stereocenters. The number of rotatable bonds is 0. The molecule has 3 nitrogen and oxygen atoms in total. The molecular weight excluding hydrogens is 186 g/mol. The van der Waals surface area contributed by atoms with Crippen LogP contribution in [0.4, 0.5) is 5.69 Å². The molecule has 0 fully saturated rings. The molecule has 0 unspecified atom stereocenters. The number of nitrogens with two attached hydrogens (primary N) is 1. The summed E-state index contributed by atoms with van der Waals surface area (Å²) in [5.74, 6) is 0.720. The molecule has 1 aromatic rings. The van der Waals surface area contributed by atoms with Gasteiger partial charge in [0.15, 0.2) is 11.5 Å². The molecule has 2 N–H and O–H groups in total. The average molecular weight is 196 g/mol. The van der Waals surface area contributed by atoms with Gasteiger partial charge in [-0.05, 0) is 6.07 Å². The minimum atomic E-state index is -0.613. The van der Waals surface area contributed by atoms with E-state index in [4.69, 9.17) is 27.8 Å². The van der Waals surface area contributed by atoms with E-state index in [9.17, 15) is 0 Å². The van der Waals surface area contributed by atoms with Gasteiger partial charge in [-0.2, -0.15) is 0 Å². The van der Waals surface area contributed by atoms with Gasteiger partial charge in [0.2, 0.25) is 5.79 Å². The van der Waals surface area contributed by atoms with Crippen LogP contribution in [0.1, 0.15) is 13.8 Å². The molecular formula is C9H10NO2S-. The van der Waals surface area contributed by atoms with Crippen LogP contribution in [-0.2, 0) is 12.6 Å². The lowest BCUT2D eigenvalue weighted by Gasteiger charge is -2.16. The fourth-order valence-corrected chi connectivity index (χ4v) is 1.43. The van der Waals surface area contributed by atoms with Crippen molar-refractivity contribution in [3.63, 3.8) is 0 Å². The molecule has 0 saturated carbocycles. The van der Waals surface area contributed by atoms with Gasteiger partial charge in [-0.3, -0.25) is 0 Å². The van der Waals surface area contributed by atoms with Gasteiger partial charge in [-0.15, -0.1) is 4.90 Å². The van der Waals surface area contributed by atoms with Crippen LogP contribution in [0, 0.1) is 0 Å². The second-order valence-corrected chi connectivity index (χ2v) is 3.88. The van der Waals surface area contributed by atoms with Gasteiger partial charge in [0.25, 0.3) is 0 Å². The second kappa shape index (κ2) is 2.42. The number of benzene rings is 1. The lowest BCUT2D eigenvalue weighted by atomic mass is 10.3. The second-order valence-electron chi connectivity index (χ2n) is 3.44. The molecule has 0 bridgehead atoms. The first-order valence-corrected chi connectivity index (χ1v) is 4.37. The fraction of sp³-hybridized carbons (Fsp3) is 0.333. The summed E-state index contributed by atoms with van der Waals surface area (Å²) < 4.78 is 11.0. The summed E-state index contributed by atoms with van der Waals surface area (Å²) in [6, 6.07) is 3.42. The van der Waals surface area contributed by atoms with Crippen molar-refractivity contribution < 1.29 is 9.47 Å². The van der Waals surface area contributed by atoms with Gasteiger partial charge in [0, 0.05) is 25.6 Å². The highest BCUT2D eigenvalue weighted by Crippen LogP contribution is 2.41. The zero-order valence-corrected chi connectivity index (χ0v) is 8.27. The molecule has 0 aliphatic carbocycles. The highest BCUT2D eigenvalue weighted by molar-refractivity contribution is 7.59. The van der Waals surface area contributed by atoms with Crippen molar-refractivity contribution in [3.05, 3.63) is 12.1 Å². The first-order valence-electron chi connectivity index (χ1n) is 3.96. The van der Waals surface area contributed by atoms with Crippen LogP contribution in [0.25, 0.3) is 0 Å². The normalized spacial score (nSPS) is 17.4. The molecule has 1 aliphatic rings. The summed E-state index contributed by atoms with van der Waals surface area (Å²) in [7, 11) is 0. The molecule has 2 rings (SSSR count). The van der Waals surface area contributed by atoms with Crippen LogP contribution in [0.3, 0.4) is 0 Å². The average Bonchev–Trinajstić information content (AvgIpc) is 2.24. The molecule has 0 amide bonds. The van der Waals surface area contributed by atoms with Crippen LogP contribution >= 0.6 is 0 Å². The Labute approximate surface area is 82.2 Å². The topological polar surface area (TPSA) is 44.5 Å². The maximum absolute atomic E-state index is 5.64. The van der Waals surface area contributed by atoms with E-state index in [1.54, 1.807) is 12.1 Å². The zero-order valence-electron chi connectivity index (χ0n) is 7.46. The molecule has 4 heteroatoms. The Balaban J connectivity index is 2.48. The molecule has 0 spiro atoms. The van der Waals surface area contributed by atoms with Crippen molar-refractivity contribution in [2.24, 2.45) is 0 Å². The van der Waals surface area contributed by atoms with Crippen LogP contribution < -0.4 is 15.2 Å². The summed E-state index contributed by atoms with van der Waals surface area (Å²) in [5.41, 5.74) is 6.19. The number of hydrogen-bond donors (Lipinski definition) is 1. The van der Waals surface area contributed by atoms with Crippen molar-refractivity contribution in [1.29, 1.82) is 0 Å². The largest absolute Gasteiger partial charge is 0.778 e. The smallest absolute Gasteiger partial charge is 0.246 e. The lowest BCUT2D eigenvalue weighted by molar-refractivity contribution is -0.0431. The van der Waals surface area contributed by atoms with Gasteiger partial charge < -0.3 is 27.8 Å². The maximum Gasteiger partial charge on any atom is 0.246 e.